The third-order valence-corrected chi connectivity index (χ3v) is 6.75. The van der Waals surface area contributed by atoms with Crippen molar-refractivity contribution < 1.29 is 4.79 Å². The monoisotopic (exact) mass is 487 g/mol. The van der Waals surface area contributed by atoms with Crippen LogP contribution in [-0.2, 0) is 10.8 Å². The van der Waals surface area contributed by atoms with E-state index in [9.17, 15) is 4.79 Å². The molecule has 2 nitrogen and oxygen atoms in total. The molecule has 37 heavy (non-hydrogen) atoms. The van der Waals surface area contributed by atoms with E-state index in [4.69, 9.17) is 0 Å². The van der Waals surface area contributed by atoms with Crippen LogP contribution in [0.15, 0.2) is 104 Å². The van der Waals surface area contributed by atoms with Crippen LogP contribution in [0.1, 0.15) is 74.2 Å². The third-order valence-electron chi connectivity index (χ3n) is 6.75. The van der Waals surface area contributed by atoms with Gasteiger partial charge in [-0.15, -0.1) is 0 Å². The first kappa shape index (κ1) is 26.2. The first-order valence-corrected chi connectivity index (χ1v) is 12.9. The number of hydrogen-bond acceptors (Lipinski definition) is 1. The van der Waals surface area contributed by atoms with Crippen LogP contribution < -0.4 is 5.32 Å². The molecule has 2 heteroatoms. The largest absolute Gasteiger partial charge is 0.321 e. The van der Waals surface area contributed by atoms with E-state index in [0.717, 1.165) is 39.1 Å². The van der Waals surface area contributed by atoms with Crippen LogP contribution in [0.2, 0.25) is 0 Å². The zero-order valence-electron chi connectivity index (χ0n) is 22.9. The van der Waals surface area contributed by atoms with Crippen LogP contribution in [0.25, 0.3) is 16.7 Å². The second-order valence-corrected chi connectivity index (χ2v) is 11.7. The molecule has 0 fully saturated rings. The highest BCUT2D eigenvalue weighted by Crippen LogP contribution is 2.41. The molecule has 0 saturated carbocycles. The van der Waals surface area contributed by atoms with Crippen LogP contribution >= 0.6 is 0 Å². The van der Waals surface area contributed by atoms with Gasteiger partial charge in [0.15, 0.2) is 0 Å². The molecule has 1 amide bonds. The van der Waals surface area contributed by atoms with E-state index in [-0.39, 0.29) is 16.7 Å². The Hall–Kier alpha value is -3.91. The average Bonchev–Trinajstić information content (AvgIpc) is 2.88. The Bertz CT molecular complexity index is 1400. The predicted octanol–water partition coefficient (Wildman–Crippen LogP) is 9.26. The number of hydrogen-bond donors (Lipinski definition) is 1. The summed E-state index contributed by atoms with van der Waals surface area (Å²) in [6.07, 6.45) is 0. The number of amides is 1. The minimum atomic E-state index is -0.213. The lowest BCUT2D eigenvalue weighted by Gasteiger charge is -2.27. The van der Waals surface area contributed by atoms with Crippen LogP contribution in [0, 0.1) is 0 Å². The molecular formula is C35H37NO. The van der Waals surface area contributed by atoms with Crippen molar-refractivity contribution in [3.8, 4) is 11.1 Å². The molecule has 0 unspecified atom stereocenters. The molecule has 0 aliphatic carbocycles. The Kier molecular flexibility index (Phi) is 7.23. The van der Waals surface area contributed by atoms with Crippen LogP contribution in [-0.4, -0.2) is 5.91 Å². The molecule has 1 N–H and O–H groups in total. The number of carbonyl (C=O) groups is 1. The first-order valence-electron chi connectivity index (χ1n) is 12.9. The number of anilines is 1. The molecule has 0 saturated heterocycles. The van der Waals surface area contributed by atoms with Crippen molar-refractivity contribution in [3.63, 3.8) is 0 Å². The van der Waals surface area contributed by atoms with E-state index in [1.54, 1.807) is 0 Å². The van der Waals surface area contributed by atoms with Crippen molar-refractivity contribution in [2.75, 3.05) is 5.32 Å². The molecule has 0 radical (unpaired) electrons. The van der Waals surface area contributed by atoms with E-state index in [1.165, 1.54) is 5.56 Å². The van der Waals surface area contributed by atoms with E-state index in [0.29, 0.717) is 5.56 Å². The van der Waals surface area contributed by atoms with Crippen LogP contribution in [0.4, 0.5) is 5.69 Å². The number of rotatable bonds is 5. The zero-order valence-corrected chi connectivity index (χ0v) is 22.9. The Morgan fingerprint density at radius 3 is 1.76 bits per heavy atom. The van der Waals surface area contributed by atoms with Crippen molar-refractivity contribution in [1.82, 2.24) is 0 Å². The van der Waals surface area contributed by atoms with Crippen LogP contribution in [0.3, 0.4) is 0 Å². The van der Waals surface area contributed by atoms with Gasteiger partial charge in [0.25, 0.3) is 5.91 Å². The molecule has 0 aliphatic heterocycles. The zero-order chi connectivity index (χ0) is 26.8. The van der Waals surface area contributed by atoms with Gasteiger partial charge in [0.05, 0.1) is 5.69 Å². The maximum Gasteiger partial charge on any atom is 0.255 e. The van der Waals surface area contributed by atoms with Gasteiger partial charge in [0, 0.05) is 11.1 Å². The fourth-order valence-electron chi connectivity index (χ4n) is 4.51. The van der Waals surface area contributed by atoms with Crippen molar-refractivity contribution >= 4 is 17.2 Å². The summed E-state index contributed by atoms with van der Waals surface area (Å²) in [4.78, 5) is 13.6. The number of nitrogens with one attached hydrogen (secondary N) is 1. The molecule has 0 bridgehead atoms. The quantitative estimate of drug-likeness (QED) is 0.298. The van der Waals surface area contributed by atoms with E-state index >= 15 is 0 Å². The molecule has 0 spiro atoms. The van der Waals surface area contributed by atoms with Gasteiger partial charge in [0.1, 0.15) is 0 Å². The molecule has 4 aromatic carbocycles. The van der Waals surface area contributed by atoms with E-state index in [2.05, 4.69) is 102 Å². The molecule has 0 aliphatic rings. The summed E-state index contributed by atoms with van der Waals surface area (Å²) in [6.45, 7) is 17.5. The molecule has 0 atom stereocenters. The normalized spacial score (nSPS) is 11.7. The van der Waals surface area contributed by atoms with Gasteiger partial charge in [-0.05, 0) is 68.5 Å². The van der Waals surface area contributed by atoms with Gasteiger partial charge >= 0.3 is 0 Å². The maximum absolute atomic E-state index is 13.6. The molecule has 4 rings (SSSR count). The third kappa shape index (κ3) is 5.91. The number of carbonyl (C=O) groups excluding carboxylic acids is 1. The molecule has 4 aromatic rings. The standard InChI is InChI=1S/C35H37NO/c1-24(25-14-10-8-11-15-25)30-22-28(26-16-12-9-13-17-26)23-31(35(5,6)7)32(30)36-33(37)27-18-20-29(21-19-27)34(2,3)4/h8-23H,1H2,2-7H3,(H,36,37). The lowest BCUT2D eigenvalue weighted by Crippen LogP contribution is -2.21. The summed E-state index contributed by atoms with van der Waals surface area (Å²) in [5.41, 5.74) is 8.60. The molecular weight excluding hydrogens is 450 g/mol. The second kappa shape index (κ2) is 10.2. The SMILES string of the molecule is C=C(c1ccccc1)c1cc(-c2ccccc2)cc(C(C)(C)C)c1NC(=O)c1ccc(C(C)(C)C)cc1. The Balaban J connectivity index is 1.87. The van der Waals surface area contributed by atoms with Crippen molar-refractivity contribution in [2.45, 2.75) is 52.4 Å². The Labute approximate surface area is 222 Å². The molecule has 0 heterocycles. The minimum absolute atomic E-state index is 0.0300. The summed E-state index contributed by atoms with van der Waals surface area (Å²) in [7, 11) is 0. The molecule has 0 aromatic heterocycles. The lowest BCUT2D eigenvalue weighted by molar-refractivity contribution is 0.102. The van der Waals surface area contributed by atoms with Crippen LogP contribution in [0.5, 0.6) is 0 Å². The van der Waals surface area contributed by atoms with E-state index in [1.807, 2.05) is 48.5 Å². The smallest absolute Gasteiger partial charge is 0.255 e. The summed E-state index contributed by atoms with van der Waals surface area (Å²) < 4.78 is 0. The van der Waals surface area contributed by atoms with Gasteiger partial charge < -0.3 is 5.32 Å². The fraction of sp³-hybridized carbons (Fsp3) is 0.229. The van der Waals surface area contributed by atoms with Crippen molar-refractivity contribution in [2.24, 2.45) is 0 Å². The first-order chi connectivity index (χ1) is 17.4. The van der Waals surface area contributed by atoms with Gasteiger partial charge in [-0.3, -0.25) is 4.79 Å². The van der Waals surface area contributed by atoms with Gasteiger partial charge in [-0.2, -0.15) is 0 Å². The van der Waals surface area contributed by atoms with Gasteiger partial charge in [-0.25, -0.2) is 0 Å². The van der Waals surface area contributed by atoms with E-state index < -0.39 is 0 Å². The Morgan fingerprint density at radius 1 is 0.649 bits per heavy atom. The van der Waals surface area contributed by atoms with Crippen molar-refractivity contribution in [1.29, 1.82) is 0 Å². The second-order valence-electron chi connectivity index (χ2n) is 11.7. The average molecular weight is 488 g/mol. The Morgan fingerprint density at radius 2 is 1.22 bits per heavy atom. The van der Waals surface area contributed by atoms with Crippen molar-refractivity contribution in [3.05, 3.63) is 131 Å². The maximum atomic E-state index is 13.6. The fourth-order valence-corrected chi connectivity index (χ4v) is 4.51. The predicted molar refractivity (Wildman–Crippen MR) is 158 cm³/mol. The highest BCUT2D eigenvalue weighted by molar-refractivity contribution is 6.07. The van der Waals surface area contributed by atoms with Gasteiger partial charge in [0.2, 0.25) is 0 Å². The summed E-state index contributed by atoms with van der Waals surface area (Å²) in [5.74, 6) is -0.125. The molecule has 188 valence electrons. The minimum Gasteiger partial charge on any atom is -0.321 e. The summed E-state index contributed by atoms with van der Waals surface area (Å²) in [6, 6.07) is 32.8. The summed E-state index contributed by atoms with van der Waals surface area (Å²) in [5, 5.41) is 3.29. The highest BCUT2D eigenvalue weighted by Gasteiger charge is 2.25. The summed E-state index contributed by atoms with van der Waals surface area (Å²) >= 11 is 0. The van der Waals surface area contributed by atoms with Gasteiger partial charge in [-0.1, -0.05) is 121 Å². The highest BCUT2D eigenvalue weighted by atomic mass is 16.1. The topological polar surface area (TPSA) is 29.1 Å². The number of benzene rings is 4. The lowest BCUT2D eigenvalue weighted by atomic mass is 9.80.